The maximum Gasteiger partial charge on any atom is 0.319 e. The number of ether oxygens (including phenoxy) is 1. The van der Waals surface area contributed by atoms with Crippen molar-refractivity contribution in [3.8, 4) is 0 Å². The molecule has 84 valence electrons. The summed E-state index contributed by atoms with van der Waals surface area (Å²) in [6, 6.07) is 0. The highest BCUT2D eigenvalue weighted by Crippen LogP contribution is 2.34. The van der Waals surface area contributed by atoms with Gasteiger partial charge in [0.2, 0.25) is 0 Å². The summed E-state index contributed by atoms with van der Waals surface area (Å²) in [6.07, 6.45) is 0. The van der Waals surface area contributed by atoms with Crippen molar-refractivity contribution in [3.63, 3.8) is 0 Å². The lowest BCUT2D eigenvalue weighted by Gasteiger charge is -2.16. The number of carbonyl (C=O) groups is 1. The van der Waals surface area contributed by atoms with Crippen LogP contribution in [-0.4, -0.2) is 36.7 Å². The van der Waals surface area contributed by atoms with Crippen LogP contribution in [0.3, 0.4) is 0 Å². The molecule has 1 N–H and O–H groups in total. The van der Waals surface area contributed by atoms with E-state index in [-0.39, 0.29) is 5.97 Å². The fourth-order valence-electron chi connectivity index (χ4n) is 0.595. The molecule has 0 aromatic heterocycles. The summed E-state index contributed by atoms with van der Waals surface area (Å²) in [5.74, 6) is 0.789. The van der Waals surface area contributed by atoms with Gasteiger partial charge in [-0.3, -0.25) is 4.79 Å². The van der Waals surface area contributed by atoms with Gasteiger partial charge in [-0.05, 0) is 0 Å². The van der Waals surface area contributed by atoms with Crippen LogP contribution < -0.4 is 5.32 Å². The molecule has 14 heavy (non-hydrogen) atoms. The van der Waals surface area contributed by atoms with Gasteiger partial charge in [0, 0.05) is 17.0 Å². The zero-order valence-electron chi connectivity index (χ0n) is 9.25. The Balaban J connectivity index is 3.18. The number of rotatable bonds is 6. The molecule has 0 aromatic rings. The van der Waals surface area contributed by atoms with Crippen molar-refractivity contribution in [3.05, 3.63) is 0 Å². The van der Waals surface area contributed by atoms with E-state index in [0.717, 1.165) is 12.3 Å². The Bertz CT molecular complexity index is 169. The minimum atomic E-state index is -0.210. The lowest BCUT2D eigenvalue weighted by Crippen LogP contribution is -2.25. The molecule has 0 atom stereocenters. The molecule has 5 heteroatoms. The molecule has 0 aliphatic rings. The summed E-state index contributed by atoms with van der Waals surface area (Å²) in [4.78, 5) is 10.7. The number of carbonyl (C=O) groups excluding carboxylic acids is 1. The molecule has 0 aliphatic heterocycles. The summed E-state index contributed by atoms with van der Waals surface area (Å²) in [7, 11) is 5.08. The van der Waals surface area contributed by atoms with E-state index in [1.54, 1.807) is 0 Å². The fraction of sp³-hybridized carbons (Fsp3) is 0.889. The first-order valence-electron chi connectivity index (χ1n) is 4.54. The van der Waals surface area contributed by atoms with E-state index in [9.17, 15) is 4.79 Å². The zero-order chi connectivity index (χ0) is 11.0. The third-order valence-corrected chi connectivity index (χ3v) is 4.51. The molecule has 0 radical (unpaired) electrons. The average molecular weight is 237 g/mol. The summed E-state index contributed by atoms with van der Waals surface area (Å²) < 4.78 is 4.80. The van der Waals surface area contributed by atoms with Crippen LogP contribution in [0.15, 0.2) is 0 Å². The third kappa shape index (κ3) is 10.2. The normalized spacial score (nSPS) is 11.4. The van der Waals surface area contributed by atoms with Gasteiger partial charge in [0.1, 0.15) is 0 Å². The van der Waals surface area contributed by atoms with Gasteiger partial charge in [-0.15, -0.1) is 0 Å². The molecule has 0 fully saturated rings. The van der Waals surface area contributed by atoms with Gasteiger partial charge >= 0.3 is 5.97 Å². The molecule has 0 rings (SSSR count). The highest BCUT2D eigenvalue weighted by Gasteiger charge is 2.10. The van der Waals surface area contributed by atoms with Gasteiger partial charge in [0.25, 0.3) is 0 Å². The van der Waals surface area contributed by atoms with Crippen LogP contribution in [0.25, 0.3) is 0 Å². The van der Waals surface area contributed by atoms with Gasteiger partial charge in [0.05, 0.1) is 13.7 Å². The van der Waals surface area contributed by atoms with Crippen molar-refractivity contribution < 1.29 is 9.53 Å². The second-order valence-corrected chi connectivity index (χ2v) is 7.01. The Morgan fingerprint density at radius 2 is 2.07 bits per heavy atom. The third-order valence-electron chi connectivity index (χ3n) is 1.17. The Kier molecular flexibility index (Phi) is 7.49. The molecule has 3 nitrogen and oxygen atoms in total. The maximum absolute atomic E-state index is 10.7. The maximum atomic E-state index is 10.7. The van der Waals surface area contributed by atoms with Crippen LogP contribution in [0.2, 0.25) is 0 Å². The number of hydrogen-bond acceptors (Lipinski definition) is 5. The van der Waals surface area contributed by atoms with E-state index in [1.807, 2.05) is 21.6 Å². The van der Waals surface area contributed by atoms with Gasteiger partial charge in [-0.2, -0.15) is 0 Å². The number of methoxy groups -OCH3 is 1. The van der Waals surface area contributed by atoms with Crippen LogP contribution in [-0.2, 0) is 9.53 Å². The van der Waals surface area contributed by atoms with Gasteiger partial charge < -0.3 is 10.1 Å². The predicted octanol–water partition coefficient (Wildman–Crippen LogP) is 1.93. The molecule has 0 saturated heterocycles. The Labute approximate surface area is 94.1 Å². The molecule has 0 aliphatic carbocycles. The second kappa shape index (κ2) is 7.43. The molecule has 0 bridgehead atoms. The first-order valence-corrected chi connectivity index (χ1v) is 6.86. The van der Waals surface area contributed by atoms with Crippen molar-refractivity contribution in [1.29, 1.82) is 0 Å². The lowest BCUT2D eigenvalue weighted by atomic mass is 10.3. The minimum absolute atomic E-state index is 0.210. The quantitative estimate of drug-likeness (QED) is 0.434. The Morgan fingerprint density at radius 3 is 2.57 bits per heavy atom. The van der Waals surface area contributed by atoms with E-state index in [1.165, 1.54) is 7.11 Å². The van der Waals surface area contributed by atoms with Crippen LogP contribution in [0, 0.1) is 0 Å². The van der Waals surface area contributed by atoms with Crippen molar-refractivity contribution in [1.82, 2.24) is 5.32 Å². The highest BCUT2D eigenvalue weighted by atomic mass is 33.1. The molecule has 0 amide bonds. The highest BCUT2D eigenvalue weighted by molar-refractivity contribution is 8.77. The van der Waals surface area contributed by atoms with E-state index in [4.69, 9.17) is 0 Å². The zero-order valence-corrected chi connectivity index (χ0v) is 10.9. The molecule has 0 heterocycles. The Hall–Kier alpha value is 0.130. The standard InChI is InChI=1S/C9H19NO2S2/c1-9(2,3)14-13-6-5-10-7-8(11)12-4/h10H,5-7H2,1-4H3. The van der Waals surface area contributed by atoms with E-state index in [2.05, 4.69) is 30.8 Å². The first kappa shape index (κ1) is 14.1. The van der Waals surface area contributed by atoms with E-state index < -0.39 is 0 Å². The fourth-order valence-corrected chi connectivity index (χ4v) is 2.82. The number of hydrogen-bond donors (Lipinski definition) is 1. The van der Waals surface area contributed by atoms with Crippen molar-refractivity contribution >= 4 is 27.6 Å². The van der Waals surface area contributed by atoms with Crippen LogP contribution in [0.5, 0.6) is 0 Å². The van der Waals surface area contributed by atoms with Gasteiger partial charge in [0.15, 0.2) is 0 Å². The molecule has 0 saturated carbocycles. The molecule has 0 spiro atoms. The summed E-state index contributed by atoms with van der Waals surface area (Å²) >= 11 is 0. The molecular formula is C9H19NO2S2. The van der Waals surface area contributed by atoms with Gasteiger partial charge in [-0.25, -0.2) is 0 Å². The SMILES string of the molecule is COC(=O)CNCCSSC(C)(C)C. The predicted molar refractivity (Wildman–Crippen MR) is 64.7 cm³/mol. The largest absolute Gasteiger partial charge is 0.468 e. The van der Waals surface area contributed by atoms with E-state index in [0.29, 0.717) is 11.3 Å². The van der Waals surface area contributed by atoms with Crippen LogP contribution in [0.4, 0.5) is 0 Å². The lowest BCUT2D eigenvalue weighted by molar-refractivity contribution is -0.139. The average Bonchev–Trinajstić information content (AvgIpc) is 2.08. The molecule has 0 aromatic carbocycles. The smallest absolute Gasteiger partial charge is 0.319 e. The van der Waals surface area contributed by atoms with Crippen molar-refractivity contribution in [2.45, 2.75) is 25.5 Å². The minimum Gasteiger partial charge on any atom is -0.468 e. The summed E-state index contributed by atoms with van der Waals surface area (Å²) in [6.45, 7) is 7.70. The van der Waals surface area contributed by atoms with Crippen molar-refractivity contribution in [2.24, 2.45) is 0 Å². The van der Waals surface area contributed by atoms with Crippen LogP contribution >= 0.6 is 21.6 Å². The molecular weight excluding hydrogens is 218 g/mol. The monoisotopic (exact) mass is 237 g/mol. The summed E-state index contributed by atoms with van der Waals surface area (Å²) in [5, 5.41) is 3.01. The van der Waals surface area contributed by atoms with Crippen molar-refractivity contribution in [2.75, 3.05) is 26.0 Å². The number of esters is 1. The second-order valence-electron chi connectivity index (χ2n) is 3.77. The van der Waals surface area contributed by atoms with Gasteiger partial charge in [-0.1, -0.05) is 42.4 Å². The topological polar surface area (TPSA) is 38.3 Å². The first-order chi connectivity index (χ1) is 6.45. The number of nitrogens with one attached hydrogen (secondary N) is 1. The van der Waals surface area contributed by atoms with E-state index >= 15 is 0 Å². The molecule has 0 unspecified atom stereocenters. The Morgan fingerprint density at radius 1 is 1.43 bits per heavy atom. The van der Waals surface area contributed by atoms with Crippen LogP contribution in [0.1, 0.15) is 20.8 Å². The summed E-state index contributed by atoms with van der Waals surface area (Å²) in [5.41, 5.74) is 0.